The van der Waals surface area contributed by atoms with Crippen LogP contribution in [0.15, 0.2) is 53.3 Å². The molecule has 30 heavy (non-hydrogen) atoms. The van der Waals surface area contributed by atoms with Crippen molar-refractivity contribution in [3.05, 3.63) is 70.0 Å². The minimum Gasteiger partial charge on any atom is -0.496 e. The molecule has 0 spiro atoms. The number of nitrogens with one attached hydrogen (secondary N) is 1. The normalized spacial score (nSPS) is 10.5. The quantitative estimate of drug-likeness (QED) is 0.576. The number of nitrogens with zero attached hydrogens (tertiary/aromatic N) is 2. The van der Waals surface area contributed by atoms with Crippen LogP contribution in [0.5, 0.6) is 5.75 Å². The minimum atomic E-state index is -1.13. The van der Waals surface area contributed by atoms with Gasteiger partial charge in [-0.05, 0) is 26.0 Å². The molecule has 2 N–H and O–H groups in total. The molecule has 0 radical (unpaired) electrons. The van der Waals surface area contributed by atoms with Gasteiger partial charge in [-0.2, -0.15) is 5.10 Å². The largest absolute Gasteiger partial charge is 0.496 e. The molecule has 0 saturated heterocycles. The molecule has 8 nitrogen and oxygen atoms in total. The second-order valence-corrected chi connectivity index (χ2v) is 6.49. The number of aryl methyl sites for hydroxylation is 1. The van der Waals surface area contributed by atoms with Crippen LogP contribution in [0.2, 0.25) is 0 Å². The van der Waals surface area contributed by atoms with Crippen molar-refractivity contribution < 1.29 is 19.4 Å². The molecule has 3 aromatic rings. The predicted molar refractivity (Wildman–Crippen MR) is 113 cm³/mol. The Bertz CT molecular complexity index is 1170. The fourth-order valence-corrected chi connectivity index (χ4v) is 3.13. The molecule has 0 amide bonds. The molecule has 1 aromatic heterocycles. The highest BCUT2D eigenvalue weighted by Gasteiger charge is 2.22. The van der Waals surface area contributed by atoms with Crippen LogP contribution in [0.1, 0.15) is 34.6 Å². The Balaban J connectivity index is 2.23. The van der Waals surface area contributed by atoms with E-state index in [-0.39, 0.29) is 28.3 Å². The number of carboxylic acid groups (broad SMARTS) is 1. The third kappa shape index (κ3) is 3.93. The summed E-state index contributed by atoms with van der Waals surface area (Å²) in [5.41, 5.74) is 1.27. The van der Waals surface area contributed by atoms with Crippen LogP contribution in [0.4, 0.5) is 11.4 Å². The summed E-state index contributed by atoms with van der Waals surface area (Å²) in [5.74, 6) is -1.32. The van der Waals surface area contributed by atoms with Crippen molar-refractivity contribution in [1.29, 1.82) is 0 Å². The zero-order chi connectivity index (χ0) is 21.8. The van der Waals surface area contributed by atoms with Gasteiger partial charge in [-0.15, -0.1) is 0 Å². The van der Waals surface area contributed by atoms with E-state index in [1.165, 1.54) is 36.9 Å². The first-order valence-corrected chi connectivity index (χ1v) is 9.27. The Morgan fingerprint density at radius 3 is 2.43 bits per heavy atom. The molecule has 0 bridgehead atoms. The van der Waals surface area contributed by atoms with Gasteiger partial charge in [-0.3, -0.25) is 9.59 Å². The SMILES string of the molecule is CCn1nc(-c2ccccc2)c(C(C)=O)c(Nc2ccc(C(=O)O)c(OC)c2)c1=O. The van der Waals surface area contributed by atoms with Crippen LogP contribution in [-0.4, -0.2) is 33.7 Å². The van der Waals surface area contributed by atoms with Gasteiger partial charge in [0.15, 0.2) is 5.78 Å². The second kappa shape index (κ2) is 8.60. The first-order chi connectivity index (χ1) is 14.4. The molecule has 0 aliphatic heterocycles. The van der Waals surface area contributed by atoms with Crippen LogP contribution < -0.4 is 15.6 Å². The summed E-state index contributed by atoms with van der Waals surface area (Å²) < 4.78 is 6.43. The molecule has 3 rings (SSSR count). The molecule has 1 heterocycles. The molecule has 0 atom stereocenters. The molecule has 0 aliphatic carbocycles. The second-order valence-electron chi connectivity index (χ2n) is 6.49. The van der Waals surface area contributed by atoms with Crippen LogP contribution >= 0.6 is 0 Å². The fourth-order valence-electron chi connectivity index (χ4n) is 3.13. The Kier molecular flexibility index (Phi) is 5.96. The molecule has 0 saturated carbocycles. The summed E-state index contributed by atoms with van der Waals surface area (Å²) in [4.78, 5) is 36.9. The van der Waals surface area contributed by atoms with Gasteiger partial charge >= 0.3 is 5.97 Å². The zero-order valence-electron chi connectivity index (χ0n) is 16.8. The molecular weight excluding hydrogens is 386 g/mol. The maximum atomic E-state index is 13.0. The number of aromatic carboxylic acids is 1. The number of rotatable bonds is 7. The number of ketones is 1. The lowest BCUT2D eigenvalue weighted by Crippen LogP contribution is -2.28. The summed E-state index contributed by atoms with van der Waals surface area (Å²) in [5, 5.41) is 16.6. The minimum absolute atomic E-state index is 0.0134. The lowest BCUT2D eigenvalue weighted by molar-refractivity contribution is 0.0693. The van der Waals surface area contributed by atoms with Gasteiger partial charge in [0, 0.05) is 23.9 Å². The first kappa shape index (κ1) is 20.8. The van der Waals surface area contributed by atoms with Crippen LogP contribution in [0.3, 0.4) is 0 Å². The average molecular weight is 407 g/mol. The summed E-state index contributed by atoms with van der Waals surface area (Å²) in [6.07, 6.45) is 0. The van der Waals surface area contributed by atoms with Gasteiger partial charge in [0.1, 0.15) is 22.7 Å². The van der Waals surface area contributed by atoms with Crippen molar-refractivity contribution in [2.45, 2.75) is 20.4 Å². The number of carbonyl (C=O) groups is 2. The Labute approximate surface area is 172 Å². The number of hydrogen-bond donors (Lipinski definition) is 2. The molecule has 2 aromatic carbocycles. The topological polar surface area (TPSA) is 111 Å². The van der Waals surface area contributed by atoms with E-state index in [4.69, 9.17) is 4.74 Å². The molecular formula is C22H21N3O5. The number of benzene rings is 2. The lowest BCUT2D eigenvalue weighted by Gasteiger charge is -2.16. The Hall–Kier alpha value is -3.94. The van der Waals surface area contributed by atoms with Crippen LogP contribution in [0.25, 0.3) is 11.3 Å². The van der Waals surface area contributed by atoms with E-state index in [9.17, 15) is 19.5 Å². The number of anilines is 2. The van der Waals surface area contributed by atoms with Gasteiger partial charge in [-0.25, -0.2) is 9.48 Å². The van der Waals surface area contributed by atoms with E-state index < -0.39 is 11.5 Å². The number of hydrogen-bond acceptors (Lipinski definition) is 6. The fraction of sp³-hybridized carbons (Fsp3) is 0.182. The number of carbonyl (C=O) groups excluding carboxylic acids is 1. The van der Waals surface area contributed by atoms with E-state index in [0.29, 0.717) is 23.5 Å². The molecule has 0 fully saturated rings. The van der Waals surface area contributed by atoms with E-state index in [1.807, 2.05) is 30.3 Å². The van der Waals surface area contributed by atoms with Gasteiger partial charge in [0.2, 0.25) is 0 Å². The maximum Gasteiger partial charge on any atom is 0.339 e. The third-order valence-electron chi connectivity index (χ3n) is 4.56. The van der Waals surface area contributed by atoms with Crippen molar-refractivity contribution >= 4 is 23.1 Å². The number of carboxylic acids is 1. The molecule has 0 aliphatic rings. The zero-order valence-corrected chi connectivity index (χ0v) is 16.8. The summed E-state index contributed by atoms with van der Waals surface area (Å²) >= 11 is 0. The number of Topliss-reactive ketones (excluding diaryl/α,β-unsaturated/α-hetero) is 1. The van der Waals surface area contributed by atoms with E-state index in [1.54, 1.807) is 6.92 Å². The van der Waals surface area contributed by atoms with Crippen LogP contribution in [0, 0.1) is 0 Å². The van der Waals surface area contributed by atoms with E-state index in [2.05, 4.69) is 10.4 Å². The van der Waals surface area contributed by atoms with Gasteiger partial charge in [0.25, 0.3) is 5.56 Å². The molecule has 8 heteroatoms. The molecule has 154 valence electrons. The number of aromatic nitrogens is 2. The predicted octanol–water partition coefficient (Wildman–Crippen LogP) is 3.58. The lowest BCUT2D eigenvalue weighted by atomic mass is 10.0. The van der Waals surface area contributed by atoms with Gasteiger partial charge in [0.05, 0.1) is 12.7 Å². The van der Waals surface area contributed by atoms with Crippen molar-refractivity contribution in [3.63, 3.8) is 0 Å². The highest BCUT2D eigenvalue weighted by atomic mass is 16.5. The third-order valence-corrected chi connectivity index (χ3v) is 4.56. The van der Waals surface area contributed by atoms with Gasteiger partial charge < -0.3 is 15.2 Å². The van der Waals surface area contributed by atoms with Crippen molar-refractivity contribution in [1.82, 2.24) is 9.78 Å². The number of methoxy groups -OCH3 is 1. The van der Waals surface area contributed by atoms with Crippen molar-refractivity contribution in [3.8, 4) is 17.0 Å². The summed E-state index contributed by atoms with van der Waals surface area (Å²) in [7, 11) is 1.36. The van der Waals surface area contributed by atoms with Crippen molar-refractivity contribution in [2.75, 3.05) is 12.4 Å². The highest BCUT2D eigenvalue weighted by Crippen LogP contribution is 2.29. The summed E-state index contributed by atoms with van der Waals surface area (Å²) in [6, 6.07) is 13.5. The standard InChI is InChI=1S/C22H21N3O5/c1-4-25-21(27)20(23-15-10-11-16(22(28)29)17(12-15)30-3)18(13(2)26)19(24-25)14-8-6-5-7-9-14/h5-12,23H,4H2,1-3H3,(H,28,29). The highest BCUT2D eigenvalue weighted by molar-refractivity contribution is 6.05. The summed E-state index contributed by atoms with van der Waals surface area (Å²) in [6.45, 7) is 3.47. The van der Waals surface area contributed by atoms with E-state index in [0.717, 1.165) is 0 Å². The number of ether oxygens (including phenoxy) is 1. The smallest absolute Gasteiger partial charge is 0.339 e. The maximum absolute atomic E-state index is 13.0. The average Bonchev–Trinajstić information content (AvgIpc) is 2.74. The monoisotopic (exact) mass is 407 g/mol. The van der Waals surface area contributed by atoms with Crippen molar-refractivity contribution in [2.24, 2.45) is 0 Å². The van der Waals surface area contributed by atoms with Crippen LogP contribution in [-0.2, 0) is 6.54 Å². The van der Waals surface area contributed by atoms with E-state index >= 15 is 0 Å². The Morgan fingerprint density at radius 2 is 1.87 bits per heavy atom. The Morgan fingerprint density at radius 1 is 1.17 bits per heavy atom. The first-order valence-electron chi connectivity index (χ1n) is 9.27. The molecule has 0 unspecified atom stereocenters. The van der Waals surface area contributed by atoms with Gasteiger partial charge in [-0.1, -0.05) is 30.3 Å².